The topological polar surface area (TPSA) is 77.4 Å². The minimum absolute atomic E-state index is 0.674. The summed E-state index contributed by atoms with van der Waals surface area (Å²) >= 11 is 0. The van der Waals surface area contributed by atoms with E-state index in [0.717, 1.165) is 42.9 Å². The van der Waals surface area contributed by atoms with Crippen molar-refractivity contribution in [3.8, 4) is 0 Å². The Labute approximate surface area is 105 Å². The van der Waals surface area contributed by atoms with Crippen molar-refractivity contribution in [3.63, 3.8) is 0 Å². The molecule has 0 aliphatic carbocycles. The highest BCUT2D eigenvalue weighted by atomic mass is 16.5. The van der Waals surface area contributed by atoms with E-state index in [1.54, 1.807) is 6.20 Å². The van der Waals surface area contributed by atoms with Crippen molar-refractivity contribution >= 4 is 28.0 Å². The second-order valence-corrected chi connectivity index (χ2v) is 4.40. The third kappa shape index (κ3) is 1.73. The molecule has 1 aromatic carbocycles. The lowest BCUT2D eigenvalue weighted by atomic mass is 10.1. The molecule has 1 aliphatic heterocycles. The molecule has 0 bridgehead atoms. The molecule has 4 N–H and O–H groups in total. The molecule has 0 radical (unpaired) electrons. The van der Waals surface area contributed by atoms with Gasteiger partial charge in [0.1, 0.15) is 0 Å². The maximum absolute atomic E-state index is 6.12. The Bertz CT molecular complexity index is 578. The van der Waals surface area contributed by atoms with Gasteiger partial charge in [0.25, 0.3) is 0 Å². The summed E-state index contributed by atoms with van der Waals surface area (Å²) < 4.78 is 5.37. The third-order valence-electron chi connectivity index (χ3n) is 3.25. The number of ether oxygens (including phenoxy) is 1. The van der Waals surface area contributed by atoms with Crippen LogP contribution >= 0.6 is 0 Å². The highest BCUT2D eigenvalue weighted by Crippen LogP contribution is 2.35. The van der Waals surface area contributed by atoms with E-state index in [1.165, 1.54) is 0 Å². The highest BCUT2D eigenvalue weighted by molar-refractivity contribution is 6.03. The summed E-state index contributed by atoms with van der Waals surface area (Å²) in [5.41, 5.74) is 15.3. The van der Waals surface area contributed by atoms with Crippen LogP contribution in [-0.2, 0) is 4.74 Å². The van der Waals surface area contributed by atoms with Crippen LogP contribution < -0.4 is 16.4 Å². The van der Waals surface area contributed by atoms with Crippen molar-refractivity contribution in [2.75, 3.05) is 42.7 Å². The Morgan fingerprint density at radius 2 is 1.94 bits per heavy atom. The number of nitrogens with zero attached hydrogens (tertiary/aromatic N) is 2. The number of benzene rings is 1. The summed E-state index contributed by atoms with van der Waals surface area (Å²) in [4.78, 5) is 6.65. The Kier molecular flexibility index (Phi) is 2.68. The standard InChI is InChI=1S/C13H16N4O/c14-10-8-11(15)13(17-4-6-18-7-5-17)12-9(10)2-1-3-16-12/h1-3,8H,4-7,14-15H2. The van der Waals surface area contributed by atoms with Crippen molar-refractivity contribution < 1.29 is 4.74 Å². The molecule has 0 saturated carbocycles. The average Bonchev–Trinajstić information content (AvgIpc) is 2.40. The zero-order chi connectivity index (χ0) is 12.5. The first-order valence-corrected chi connectivity index (χ1v) is 6.03. The Hall–Kier alpha value is -2.01. The van der Waals surface area contributed by atoms with Crippen molar-refractivity contribution in [2.24, 2.45) is 0 Å². The van der Waals surface area contributed by atoms with Crippen LogP contribution in [0.15, 0.2) is 24.4 Å². The highest BCUT2D eigenvalue weighted by Gasteiger charge is 2.18. The lowest BCUT2D eigenvalue weighted by molar-refractivity contribution is 0.123. The van der Waals surface area contributed by atoms with Crippen LogP contribution in [0, 0.1) is 0 Å². The number of nitrogen functional groups attached to an aromatic ring is 2. The second kappa shape index (κ2) is 4.34. The number of hydrogen-bond donors (Lipinski definition) is 2. The van der Waals surface area contributed by atoms with Gasteiger partial charge >= 0.3 is 0 Å². The average molecular weight is 244 g/mol. The van der Waals surface area contributed by atoms with Gasteiger partial charge in [-0.05, 0) is 18.2 Å². The van der Waals surface area contributed by atoms with E-state index in [0.29, 0.717) is 11.4 Å². The molecule has 18 heavy (non-hydrogen) atoms. The van der Waals surface area contributed by atoms with Gasteiger partial charge in [-0.3, -0.25) is 4.98 Å². The number of rotatable bonds is 1. The van der Waals surface area contributed by atoms with Crippen LogP contribution in [0.1, 0.15) is 0 Å². The van der Waals surface area contributed by atoms with Crippen LogP contribution in [-0.4, -0.2) is 31.3 Å². The van der Waals surface area contributed by atoms with E-state index in [2.05, 4.69) is 9.88 Å². The van der Waals surface area contributed by atoms with Crippen molar-refractivity contribution in [1.82, 2.24) is 4.98 Å². The predicted molar refractivity (Wildman–Crippen MR) is 73.6 cm³/mol. The molecule has 0 spiro atoms. The number of hydrogen-bond acceptors (Lipinski definition) is 5. The molecule has 1 aromatic heterocycles. The van der Waals surface area contributed by atoms with Gasteiger partial charge in [-0.25, -0.2) is 0 Å². The molecular weight excluding hydrogens is 228 g/mol. The van der Waals surface area contributed by atoms with Crippen LogP contribution in [0.5, 0.6) is 0 Å². The van der Waals surface area contributed by atoms with Crippen LogP contribution in [0.3, 0.4) is 0 Å². The largest absolute Gasteiger partial charge is 0.398 e. The summed E-state index contributed by atoms with van der Waals surface area (Å²) in [5.74, 6) is 0. The van der Waals surface area contributed by atoms with Gasteiger partial charge in [-0.15, -0.1) is 0 Å². The first kappa shape index (κ1) is 11.1. The van der Waals surface area contributed by atoms with E-state index in [-0.39, 0.29) is 0 Å². The Morgan fingerprint density at radius 3 is 2.72 bits per heavy atom. The first-order chi connectivity index (χ1) is 8.77. The van der Waals surface area contributed by atoms with Gasteiger partial charge in [-0.2, -0.15) is 0 Å². The molecular formula is C13H16N4O. The first-order valence-electron chi connectivity index (χ1n) is 6.03. The van der Waals surface area contributed by atoms with Crippen LogP contribution in [0.25, 0.3) is 10.9 Å². The summed E-state index contributed by atoms with van der Waals surface area (Å²) in [6.45, 7) is 3.11. The number of fused-ring (bicyclic) bond motifs is 1. The molecule has 5 nitrogen and oxygen atoms in total. The fourth-order valence-corrected chi connectivity index (χ4v) is 2.40. The summed E-state index contributed by atoms with van der Waals surface area (Å²) in [6, 6.07) is 5.67. The second-order valence-electron chi connectivity index (χ2n) is 4.40. The number of anilines is 3. The maximum atomic E-state index is 6.12. The molecule has 1 aliphatic rings. The zero-order valence-corrected chi connectivity index (χ0v) is 10.1. The number of morpholine rings is 1. The maximum Gasteiger partial charge on any atom is 0.0977 e. The smallest absolute Gasteiger partial charge is 0.0977 e. The molecule has 1 saturated heterocycles. The van der Waals surface area contributed by atoms with Gasteiger partial charge in [0, 0.05) is 30.4 Å². The molecule has 2 aromatic rings. The molecule has 1 fully saturated rings. The number of pyridine rings is 1. The van der Waals surface area contributed by atoms with Crippen LogP contribution in [0.4, 0.5) is 17.1 Å². The molecule has 2 heterocycles. The van der Waals surface area contributed by atoms with E-state index in [4.69, 9.17) is 16.2 Å². The molecule has 0 atom stereocenters. The molecule has 3 rings (SSSR count). The predicted octanol–water partition coefficient (Wildman–Crippen LogP) is 1.24. The summed E-state index contributed by atoms with van der Waals surface area (Å²) in [7, 11) is 0. The summed E-state index contributed by atoms with van der Waals surface area (Å²) in [5, 5.41) is 0.952. The minimum Gasteiger partial charge on any atom is -0.398 e. The molecule has 0 amide bonds. The van der Waals surface area contributed by atoms with Gasteiger partial charge in [0.2, 0.25) is 0 Å². The monoisotopic (exact) mass is 244 g/mol. The van der Waals surface area contributed by atoms with Crippen molar-refractivity contribution in [2.45, 2.75) is 0 Å². The molecule has 94 valence electrons. The van der Waals surface area contributed by atoms with Crippen LogP contribution in [0.2, 0.25) is 0 Å². The van der Waals surface area contributed by atoms with Gasteiger partial charge in [0.15, 0.2) is 0 Å². The van der Waals surface area contributed by atoms with E-state index in [9.17, 15) is 0 Å². The quantitative estimate of drug-likeness (QED) is 0.738. The van der Waals surface area contributed by atoms with Crippen molar-refractivity contribution in [1.29, 1.82) is 0 Å². The number of nitrogens with two attached hydrogens (primary N) is 2. The van der Waals surface area contributed by atoms with E-state index < -0.39 is 0 Å². The van der Waals surface area contributed by atoms with Gasteiger partial charge < -0.3 is 21.1 Å². The Balaban J connectivity index is 2.20. The fourth-order valence-electron chi connectivity index (χ4n) is 2.40. The molecule has 0 unspecified atom stereocenters. The third-order valence-corrected chi connectivity index (χ3v) is 3.25. The van der Waals surface area contributed by atoms with Crippen molar-refractivity contribution in [3.05, 3.63) is 24.4 Å². The SMILES string of the molecule is Nc1cc(N)c2cccnc2c1N1CCOCC1. The lowest BCUT2D eigenvalue weighted by Gasteiger charge is -2.30. The number of aromatic nitrogens is 1. The van der Waals surface area contributed by atoms with Gasteiger partial charge in [-0.1, -0.05) is 0 Å². The zero-order valence-electron chi connectivity index (χ0n) is 10.1. The van der Waals surface area contributed by atoms with E-state index in [1.807, 2.05) is 18.2 Å². The summed E-state index contributed by atoms with van der Waals surface area (Å²) in [6.07, 6.45) is 1.77. The van der Waals surface area contributed by atoms with E-state index >= 15 is 0 Å². The normalized spacial score (nSPS) is 16.1. The van der Waals surface area contributed by atoms with Gasteiger partial charge in [0.05, 0.1) is 30.1 Å². The Morgan fingerprint density at radius 1 is 1.17 bits per heavy atom. The molecule has 5 heteroatoms. The lowest BCUT2D eigenvalue weighted by Crippen LogP contribution is -2.36. The minimum atomic E-state index is 0.674. The fraction of sp³-hybridized carbons (Fsp3) is 0.308.